The molecule has 1 aromatic carbocycles. The summed E-state index contributed by atoms with van der Waals surface area (Å²) >= 11 is 0. The largest absolute Gasteiger partial charge is 0.481 e. The summed E-state index contributed by atoms with van der Waals surface area (Å²) in [5, 5.41) is 19.5. The number of nitro groups is 1. The Morgan fingerprint density at radius 2 is 2.10 bits per heavy atom. The van der Waals surface area contributed by atoms with Crippen LogP contribution in [0.3, 0.4) is 0 Å². The van der Waals surface area contributed by atoms with Gasteiger partial charge in [-0.1, -0.05) is 12.1 Å². The summed E-state index contributed by atoms with van der Waals surface area (Å²) in [6, 6.07) is 5.93. The summed E-state index contributed by atoms with van der Waals surface area (Å²) in [5.74, 6) is -2.14. The number of non-ortho nitro benzene ring substituents is 1. The summed E-state index contributed by atoms with van der Waals surface area (Å²) in [5.41, 5.74) is 0.497. The van der Waals surface area contributed by atoms with E-state index in [0.29, 0.717) is 5.56 Å². The monoisotopic (exact) mass is 278 g/mol. The van der Waals surface area contributed by atoms with Gasteiger partial charge in [0.05, 0.1) is 16.8 Å². The van der Waals surface area contributed by atoms with Crippen LogP contribution in [-0.4, -0.2) is 39.9 Å². The maximum atomic E-state index is 12.1. The molecule has 1 aliphatic heterocycles. The maximum absolute atomic E-state index is 12.1. The number of amides is 1. The van der Waals surface area contributed by atoms with Crippen molar-refractivity contribution in [2.75, 3.05) is 13.1 Å². The van der Waals surface area contributed by atoms with Crippen molar-refractivity contribution in [3.63, 3.8) is 0 Å². The van der Waals surface area contributed by atoms with E-state index >= 15 is 0 Å². The molecule has 1 aliphatic rings. The number of aliphatic carboxylic acids is 1. The summed E-state index contributed by atoms with van der Waals surface area (Å²) in [4.78, 5) is 34.5. The van der Waals surface area contributed by atoms with Gasteiger partial charge < -0.3 is 10.0 Å². The summed E-state index contributed by atoms with van der Waals surface area (Å²) in [6.07, 6.45) is 0. The van der Waals surface area contributed by atoms with Crippen LogP contribution in [0, 0.1) is 16.0 Å². The Bertz CT molecular complexity index is 566. The second kappa shape index (κ2) is 5.28. The maximum Gasteiger partial charge on any atom is 0.310 e. The fourth-order valence-corrected chi connectivity index (χ4v) is 2.14. The fraction of sp³-hybridized carbons (Fsp3) is 0.385. The molecule has 0 bridgehead atoms. The summed E-state index contributed by atoms with van der Waals surface area (Å²) in [6.45, 7) is 2.07. The third-order valence-electron chi connectivity index (χ3n) is 3.49. The van der Waals surface area contributed by atoms with Crippen molar-refractivity contribution in [2.24, 2.45) is 5.92 Å². The van der Waals surface area contributed by atoms with Crippen molar-refractivity contribution in [1.82, 2.24) is 4.90 Å². The van der Waals surface area contributed by atoms with E-state index in [-0.39, 0.29) is 24.7 Å². The molecule has 1 amide bonds. The van der Waals surface area contributed by atoms with Gasteiger partial charge in [0.2, 0.25) is 5.91 Å². The highest BCUT2D eigenvalue weighted by atomic mass is 16.6. The van der Waals surface area contributed by atoms with Crippen molar-refractivity contribution in [1.29, 1.82) is 0 Å². The minimum atomic E-state index is -0.906. The molecule has 0 aromatic heterocycles. The Kier molecular flexibility index (Phi) is 3.69. The molecule has 0 spiro atoms. The molecule has 0 aliphatic carbocycles. The standard InChI is InChI=1S/C13H14N2O5/c1-8(9-3-2-4-11(5-9)15(19)20)12(16)14-6-10(7-14)13(17)18/h2-5,8,10H,6-7H2,1H3,(H,17,18). The van der Waals surface area contributed by atoms with E-state index in [1.54, 1.807) is 13.0 Å². The Labute approximate surface area is 115 Å². The van der Waals surface area contributed by atoms with Crippen LogP contribution < -0.4 is 0 Å². The summed E-state index contributed by atoms with van der Waals surface area (Å²) in [7, 11) is 0. The Hall–Kier alpha value is -2.44. The molecule has 1 N–H and O–H groups in total. The molecule has 1 saturated heterocycles. The van der Waals surface area contributed by atoms with E-state index in [9.17, 15) is 19.7 Å². The number of benzene rings is 1. The van der Waals surface area contributed by atoms with Gasteiger partial charge >= 0.3 is 5.97 Å². The van der Waals surface area contributed by atoms with Crippen LogP contribution in [0.25, 0.3) is 0 Å². The molecule has 106 valence electrons. The number of nitro benzene ring substituents is 1. The fourth-order valence-electron chi connectivity index (χ4n) is 2.14. The van der Waals surface area contributed by atoms with E-state index in [0.717, 1.165) is 0 Å². The molecule has 0 radical (unpaired) electrons. The number of carboxylic acid groups (broad SMARTS) is 1. The molecule has 20 heavy (non-hydrogen) atoms. The predicted molar refractivity (Wildman–Crippen MR) is 69.2 cm³/mol. The summed E-state index contributed by atoms with van der Waals surface area (Å²) < 4.78 is 0. The van der Waals surface area contributed by atoms with E-state index in [2.05, 4.69) is 0 Å². The van der Waals surface area contributed by atoms with Crippen LogP contribution in [-0.2, 0) is 9.59 Å². The van der Waals surface area contributed by atoms with Gasteiger partial charge in [-0.15, -0.1) is 0 Å². The third-order valence-corrected chi connectivity index (χ3v) is 3.49. The first kappa shape index (κ1) is 14.0. The second-order valence-corrected chi connectivity index (χ2v) is 4.85. The van der Waals surface area contributed by atoms with Gasteiger partial charge in [-0.05, 0) is 12.5 Å². The lowest BCUT2D eigenvalue weighted by Crippen LogP contribution is -2.54. The first-order valence-corrected chi connectivity index (χ1v) is 6.16. The highest BCUT2D eigenvalue weighted by molar-refractivity contribution is 5.86. The number of carbonyl (C=O) groups is 2. The van der Waals surface area contributed by atoms with Crippen LogP contribution in [0.5, 0.6) is 0 Å². The predicted octanol–water partition coefficient (Wildman–Crippen LogP) is 1.24. The first-order valence-electron chi connectivity index (χ1n) is 6.16. The number of carboxylic acids is 1. The highest BCUT2D eigenvalue weighted by Crippen LogP contribution is 2.26. The van der Waals surface area contributed by atoms with Gasteiger partial charge in [-0.25, -0.2) is 0 Å². The molecule has 1 unspecified atom stereocenters. The lowest BCUT2D eigenvalue weighted by Gasteiger charge is -2.38. The molecule has 2 rings (SSSR count). The lowest BCUT2D eigenvalue weighted by atomic mass is 9.94. The molecule has 0 saturated carbocycles. The SMILES string of the molecule is CC(C(=O)N1CC(C(=O)O)C1)c1cccc([N+](=O)[O-])c1. The molecular formula is C13H14N2O5. The topological polar surface area (TPSA) is 101 Å². The van der Waals surface area contributed by atoms with Gasteiger partial charge in [0.25, 0.3) is 5.69 Å². The lowest BCUT2D eigenvalue weighted by molar-refractivity contribution is -0.384. The Morgan fingerprint density at radius 1 is 1.45 bits per heavy atom. The number of hydrogen-bond acceptors (Lipinski definition) is 4. The van der Waals surface area contributed by atoms with Gasteiger partial charge in [-0.3, -0.25) is 19.7 Å². The number of likely N-dealkylation sites (tertiary alicyclic amines) is 1. The number of rotatable bonds is 4. The molecule has 7 heteroatoms. The number of hydrogen-bond donors (Lipinski definition) is 1. The number of carbonyl (C=O) groups excluding carboxylic acids is 1. The van der Waals surface area contributed by atoms with Crippen LogP contribution in [0.15, 0.2) is 24.3 Å². The number of nitrogens with zero attached hydrogens (tertiary/aromatic N) is 2. The van der Waals surface area contributed by atoms with Crippen molar-refractivity contribution < 1.29 is 19.6 Å². The third kappa shape index (κ3) is 2.61. The zero-order valence-electron chi connectivity index (χ0n) is 10.9. The normalized spacial score (nSPS) is 16.4. The van der Waals surface area contributed by atoms with Crippen molar-refractivity contribution in [3.05, 3.63) is 39.9 Å². The van der Waals surface area contributed by atoms with Crippen molar-refractivity contribution >= 4 is 17.6 Å². The average molecular weight is 278 g/mol. The van der Waals surface area contributed by atoms with Crippen molar-refractivity contribution in [2.45, 2.75) is 12.8 Å². The van der Waals surface area contributed by atoms with Crippen LogP contribution in [0.2, 0.25) is 0 Å². The van der Waals surface area contributed by atoms with Crippen molar-refractivity contribution in [3.8, 4) is 0 Å². The zero-order valence-corrected chi connectivity index (χ0v) is 10.9. The molecule has 1 aromatic rings. The Balaban J connectivity index is 2.06. The van der Waals surface area contributed by atoms with Gasteiger partial charge in [0.15, 0.2) is 0 Å². The molecular weight excluding hydrogens is 264 g/mol. The van der Waals surface area contributed by atoms with Gasteiger partial charge in [0, 0.05) is 25.2 Å². The Morgan fingerprint density at radius 3 is 2.65 bits per heavy atom. The second-order valence-electron chi connectivity index (χ2n) is 4.85. The van der Waals surface area contributed by atoms with E-state index in [4.69, 9.17) is 5.11 Å². The molecule has 7 nitrogen and oxygen atoms in total. The highest BCUT2D eigenvalue weighted by Gasteiger charge is 2.37. The van der Waals surface area contributed by atoms with Gasteiger partial charge in [-0.2, -0.15) is 0 Å². The van der Waals surface area contributed by atoms with Gasteiger partial charge in [0.1, 0.15) is 0 Å². The molecule has 1 atom stereocenters. The van der Waals surface area contributed by atoms with Crippen LogP contribution in [0.1, 0.15) is 18.4 Å². The smallest absolute Gasteiger partial charge is 0.310 e. The van der Waals surface area contributed by atoms with Crippen LogP contribution in [0.4, 0.5) is 5.69 Å². The van der Waals surface area contributed by atoms with E-state index < -0.39 is 22.7 Å². The minimum Gasteiger partial charge on any atom is -0.481 e. The molecule has 1 fully saturated rings. The van der Waals surface area contributed by atoms with Crippen LogP contribution >= 0.6 is 0 Å². The molecule has 1 heterocycles. The zero-order chi connectivity index (χ0) is 14.9. The quantitative estimate of drug-likeness (QED) is 0.659. The average Bonchev–Trinajstić information content (AvgIpc) is 2.35. The first-order chi connectivity index (χ1) is 9.40. The van der Waals surface area contributed by atoms with E-state index in [1.165, 1.54) is 23.1 Å². The van der Waals surface area contributed by atoms with E-state index in [1.807, 2.05) is 0 Å². The minimum absolute atomic E-state index is 0.0610.